The van der Waals surface area contributed by atoms with Crippen molar-refractivity contribution in [2.75, 3.05) is 5.32 Å². The highest BCUT2D eigenvalue weighted by Crippen LogP contribution is 2.25. The number of nitro benzene ring substituents is 1. The van der Waals surface area contributed by atoms with E-state index < -0.39 is 10.8 Å². The molecule has 0 atom stereocenters. The second-order valence-corrected chi connectivity index (χ2v) is 6.67. The SMILES string of the molecule is O=C(Nc1cccc([N+](=O)[O-])c1)c1csc(-c2cnn(-c3ccccc3)c2)n1. The van der Waals surface area contributed by atoms with Crippen LogP contribution in [-0.4, -0.2) is 25.6 Å². The second-order valence-electron chi connectivity index (χ2n) is 5.81. The van der Waals surface area contributed by atoms with Crippen LogP contribution in [-0.2, 0) is 0 Å². The fourth-order valence-corrected chi connectivity index (χ4v) is 3.33. The molecule has 8 nitrogen and oxygen atoms in total. The van der Waals surface area contributed by atoms with Crippen molar-refractivity contribution in [2.24, 2.45) is 0 Å². The molecule has 0 radical (unpaired) electrons. The van der Waals surface area contributed by atoms with Crippen molar-refractivity contribution < 1.29 is 9.72 Å². The molecular weight excluding hydrogens is 378 g/mol. The number of amides is 1. The zero-order valence-corrected chi connectivity index (χ0v) is 15.2. The minimum atomic E-state index is -0.513. The topological polar surface area (TPSA) is 103 Å². The highest BCUT2D eigenvalue weighted by Gasteiger charge is 2.15. The molecule has 0 saturated heterocycles. The van der Waals surface area contributed by atoms with Crippen LogP contribution in [0.3, 0.4) is 0 Å². The van der Waals surface area contributed by atoms with Crippen molar-refractivity contribution in [2.45, 2.75) is 0 Å². The lowest BCUT2D eigenvalue weighted by Crippen LogP contribution is -2.12. The Kier molecular flexibility index (Phi) is 4.65. The third-order valence-corrected chi connectivity index (χ3v) is 4.79. The average molecular weight is 391 g/mol. The van der Waals surface area contributed by atoms with E-state index in [0.717, 1.165) is 11.3 Å². The predicted molar refractivity (Wildman–Crippen MR) is 106 cm³/mol. The molecule has 0 aliphatic carbocycles. The van der Waals surface area contributed by atoms with E-state index in [0.29, 0.717) is 10.7 Å². The molecule has 0 aliphatic heterocycles. The Morgan fingerprint density at radius 3 is 2.75 bits per heavy atom. The molecule has 2 aromatic heterocycles. The van der Waals surface area contributed by atoms with Crippen LogP contribution in [0, 0.1) is 10.1 Å². The smallest absolute Gasteiger partial charge is 0.275 e. The lowest BCUT2D eigenvalue weighted by atomic mass is 10.2. The molecule has 1 amide bonds. The van der Waals surface area contributed by atoms with Gasteiger partial charge in [0, 0.05) is 35.0 Å². The normalized spacial score (nSPS) is 10.6. The summed E-state index contributed by atoms with van der Waals surface area (Å²) in [4.78, 5) is 27.1. The Balaban J connectivity index is 1.51. The lowest BCUT2D eigenvalue weighted by Gasteiger charge is -2.02. The molecule has 0 fully saturated rings. The summed E-state index contributed by atoms with van der Waals surface area (Å²) in [7, 11) is 0. The van der Waals surface area contributed by atoms with E-state index in [2.05, 4.69) is 15.4 Å². The van der Waals surface area contributed by atoms with Gasteiger partial charge in [0.1, 0.15) is 10.7 Å². The number of nitrogens with zero attached hydrogens (tertiary/aromatic N) is 4. The quantitative estimate of drug-likeness (QED) is 0.406. The molecule has 9 heteroatoms. The third-order valence-electron chi connectivity index (χ3n) is 3.90. The van der Waals surface area contributed by atoms with Gasteiger partial charge in [-0.2, -0.15) is 5.10 Å². The minimum absolute atomic E-state index is 0.0925. The summed E-state index contributed by atoms with van der Waals surface area (Å²) >= 11 is 1.32. The van der Waals surface area contributed by atoms with Crippen molar-refractivity contribution in [1.82, 2.24) is 14.8 Å². The van der Waals surface area contributed by atoms with Crippen LogP contribution in [0.4, 0.5) is 11.4 Å². The van der Waals surface area contributed by atoms with Crippen molar-refractivity contribution in [3.63, 3.8) is 0 Å². The van der Waals surface area contributed by atoms with Gasteiger partial charge < -0.3 is 5.32 Å². The van der Waals surface area contributed by atoms with Gasteiger partial charge in [-0.15, -0.1) is 11.3 Å². The summed E-state index contributed by atoms with van der Waals surface area (Å²) in [6, 6.07) is 15.4. The number of rotatable bonds is 5. The van der Waals surface area contributed by atoms with Gasteiger partial charge in [-0.1, -0.05) is 24.3 Å². The molecule has 1 N–H and O–H groups in total. The maximum atomic E-state index is 12.4. The molecule has 2 heterocycles. The van der Waals surface area contributed by atoms with E-state index in [4.69, 9.17) is 0 Å². The van der Waals surface area contributed by atoms with Gasteiger partial charge in [-0.05, 0) is 18.2 Å². The van der Waals surface area contributed by atoms with Crippen LogP contribution in [0.15, 0.2) is 72.4 Å². The average Bonchev–Trinajstić information content (AvgIpc) is 3.38. The number of thiazole rings is 1. The highest BCUT2D eigenvalue weighted by molar-refractivity contribution is 7.13. The monoisotopic (exact) mass is 391 g/mol. The molecule has 0 aliphatic rings. The first kappa shape index (κ1) is 17.6. The summed E-state index contributed by atoms with van der Waals surface area (Å²) in [5.74, 6) is -0.432. The van der Waals surface area contributed by atoms with Crippen molar-refractivity contribution >= 4 is 28.6 Å². The Hall–Kier alpha value is -3.85. The number of benzene rings is 2. The van der Waals surface area contributed by atoms with E-state index >= 15 is 0 Å². The number of non-ortho nitro benzene ring substituents is 1. The summed E-state index contributed by atoms with van der Waals surface area (Å²) in [6.45, 7) is 0. The number of nitrogens with one attached hydrogen (secondary N) is 1. The number of carbonyl (C=O) groups is 1. The first-order valence-corrected chi connectivity index (χ1v) is 9.10. The highest BCUT2D eigenvalue weighted by atomic mass is 32.1. The molecule has 4 aromatic rings. The lowest BCUT2D eigenvalue weighted by molar-refractivity contribution is -0.384. The Bertz CT molecular complexity index is 1150. The molecule has 0 bridgehead atoms. The summed E-state index contributed by atoms with van der Waals surface area (Å²) in [5.41, 5.74) is 2.20. The van der Waals surface area contributed by atoms with Gasteiger partial charge >= 0.3 is 0 Å². The number of hydrogen-bond acceptors (Lipinski definition) is 6. The number of nitro groups is 1. The van der Waals surface area contributed by atoms with Gasteiger partial charge in [0.2, 0.25) is 0 Å². The van der Waals surface area contributed by atoms with Crippen LogP contribution in [0.2, 0.25) is 0 Å². The van der Waals surface area contributed by atoms with Crippen LogP contribution >= 0.6 is 11.3 Å². The van der Waals surface area contributed by atoms with E-state index in [1.165, 1.54) is 29.5 Å². The Morgan fingerprint density at radius 2 is 1.96 bits per heavy atom. The van der Waals surface area contributed by atoms with Crippen LogP contribution < -0.4 is 5.32 Å². The van der Waals surface area contributed by atoms with Crippen LogP contribution in [0.5, 0.6) is 0 Å². The first-order chi connectivity index (χ1) is 13.6. The summed E-state index contributed by atoms with van der Waals surface area (Å²) in [5, 5.41) is 20.1. The van der Waals surface area contributed by atoms with E-state index in [1.54, 1.807) is 22.3 Å². The molecule has 4 rings (SSSR count). The number of para-hydroxylation sites is 1. The number of aromatic nitrogens is 3. The third kappa shape index (κ3) is 3.64. The molecule has 2 aromatic carbocycles. The van der Waals surface area contributed by atoms with Crippen molar-refractivity contribution in [3.05, 3.63) is 88.2 Å². The predicted octanol–water partition coefficient (Wildman–Crippen LogP) is 4.16. The van der Waals surface area contributed by atoms with Crippen LogP contribution in [0.25, 0.3) is 16.3 Å². The fourth-order valence-electron chi connectivity index (χ4n) is 2.56. The van der Waals surface area contributed by atoms with Crippen molar-refractivity contribution in [3.8, 4) is 16.3 Å². The van der Waals surface area contributed by atoms with Gasteiger partial charge in [0.15, 0.2) is 0 Å². The van der Waals surface area contributed by atoms with Crippen molar-refractivity contribution in [1.29, 1.82) is 0 Å². The standard InChI is InChI=1S/C19H13N5O3S/c25-18(21-14-5-4-8-16(9-14)24(26)27)17-12-28-19(22-17)13-10-20-23(11-13)15-6-2-1-3-7-15/h1-12H,(H,21,25). The zero-order valence-electron chi connectivity index (χ0n) is 14.4. The minimum Gasteiger partial charge on any atom is -0.320 e. The molecular formula is C19H13N5O3S. The van der Waals surface area contributed by atoms with Gasteiger partial charge in [-0.3, -0.25) is 14.9 Å². The fraction of sp³-hybridized carbons (Fsp3) is 0. The second kappa shape index (κ2) is 7.41. The Morgan fingerprint density at radius 1 is 1.14 bits per heavy atom. The Labute approximate surface area is 163 Å². The van der Waals surface area contributed by atoms with E-state index in [-0.39, 0.29) is 11.4 Å². The maximum Gasteiger partial charge on any atom is 0.275 e. The maximum absolute atomic E-state index is 12.4. The van der Waals surface area contributed by atoms with Gasteiger partial charge in [-0.25, -0.2) is 9.67 Å². The first-order valence-electron chi connectivity index (χ1n) is 8.22. The largest absolute Gasteiger partial charge is 0.320 e. The number of hydrogen-bond donors (Lipinski definition) is 1. The zero-order chi connectivity index (χ0) is 19.5. The molecule has 0 unspecified atom stereocenters. The van der Waals surface area contributed by atoms with E-state index in [9.17, 15) is 14.9 Å². The summed E-state index contributed by atoms with van der Waals surface area (Å²) in [6.07, 6.45) is 3.53. The summed E-state index contributed by atoms with van der Waals surface area (Å²) < 4.78 is 1.74. The number of anilines is 1. The van der Waals surface area contributed by atoms with Gasteiger partial charge in [0.05, 0.1) is 16.8 Å². The molecule has 28 heavy (non-hydrogen) atoms. The molecule has 0 spiro atoms. The van der Waals surface area contributed by atoms with Gasteiger partial charge in [0.25, 0.3) is 11.6 Å². The van der Waals surface area contributed by atoms with Crippen LogP contribution in [0.1, 0.15) is 10.5 Å². The molecule has 138 valence electrons. The molecule has 0 saturated carbocycles. The van der Waals surface area contributed by atoms with E-state index in [1.807, 2.05) is 36.5 Å². The number of carbonyl (C=O) groups excluding carboxylic acids is 1.